The number of thiophene rings is 1. The van der Waals surface area contributed by atoms with E-state index in [4.69, 9.17) is 11.6 Å². The predicted octanol–water partition coefficient (Wildman–Crippen LogP) is 4.16. The molecule has 102 valence electrons. The maximum atomic E-state index is 5.96. The molecule has 0 aromatic carbocycles. The van der Waals surface area contributed by atoms with Gasteiger partial charge in [0.1, 0.15) is 12.1 Å². The number of halogens is 1. The summed E-state index contributed by atoms with van der Waals surface area (Å²) in [4.78, 5) is 9.62. The number of anilines is 1. The smallest absolute Gasteiger partial charge is 0.137 e. The van der Waals surface area contributed by atoms with Crippen molar-refractivity contribution in [1.82, 2.24) is 14.5 Å². The van der Waals surface area contributed by atoms with E-state index >= 15 is 0 Å². The largest absolute Gasteiger partial charge is 0.376 e. The number of hydrogen-bond donors (Lipinski definition) is 1. The molecule has 0 aliphatic carbocycles. The second-order valence-corrected chi connectivity index (χ2v) is 6.13. The first-order valence-electron chi connectivity index (χ1n) is 6.18. The molecule has 0 aliphatic rings. The highest BCUT2D eigenvalue weighted by molar-refractivity contribution is 7.16. The Morgan fingerprint density at radius 2 is 2.20 bits per heavy atom. The minimum absolute atomic E-state index is 0.202. The molecule has 0 radical (unpaired) electrons. The highest BCUT2D eigenvalue weighted by atomic mass is 35.5. The van der Waals surface area contributed by atoms with Gasteiger partial charge in [0.15, 0.2) is 0 Å². The standard InChI is InChI=1S/C14H13ClN4S/c1-10(12-3-4-13(15)20-12)18-11-2-5-14(17-8-11)19-7-6-16-9-19/h2-10,18H,1H3. The van der Waals surface area contributed by atoms with Crippen molar-refractivity contribution in [3.8, 4) is 5.82 Å². The Kier molecular flexibility index (Phi) is 3.71. The van der Waals surface area contributed by atoms with Crippen LogP contribution in [-0.2, 0) is 0 Å². The second kappa shape index (κ2) is 5.64. The third kappa shape index (κ3) is 2.84. The molecule has 3 rings (SSSR count). The van der Waals surface area contributed by atoms with Crippen LogP contribution in [0.4, 0.5) is 5.69 Å². The molecule has 3 aromatic rings. The lowest BCUT2D eigenvalue weighted by atomic mass is 10.2. The van der Waals surface area contributed by atoms with Crippen molar-refractivity contribution in [2.75, 3.05) is 5.32 Å². The van der Waals surface area contributed by atoms with Gasteiger partial charge in [0.25, 0.3) is 0 Å². The van der Waals surface area contributed by atoms with E-state index in [9.17, 15) is 0 Å². The number of imidazole rings is 1. The molecule has 0 amide bonds. The molecule has 20 heavy (non-hydrogen) atoms. The van der Waals surface area contributed by atoms with Crippen molar-refractivity contribution in [1.29, 1.82) is 0 Å². The van der Waals surface area contributed by atoms with E-state index in [1.807, 2.05) is 41.2 Å². The van der Waals surface area contributed by atoms with E-state index < -0.39 is 0 Å². The number of nitrogens with one attached hydrogen (secondary N) is 1. The van der Waals surface area contributed by atoms with Crippen molar-refractivity contribution in [2.24, 2.45) is 0 Å². The maximum absolute atomic E-state index is 5.96. The van der Waals surface area contributed by atoms with Gasteiger partial charge in [0.05, 0.1) is 22.3 Å². The summed E-state index contributed by atoms with van der Waals surface area (Å²) < 4.78 is 2.67. The fourth-order valence-electron chi connectivity index (χ4n) is 1.90. The van der Waals surface area contributed by atoms with Gasteiger partial charge in [-0.05, 0) is 31.2 Å². The molecule has 0 saturated carbocycles. The van der Waals surface area contributed by atoms with Gasteiger partial charge in [-0.3, -0.25) is 4.57 Å². The van der Waals surface area contributed by atoms with E-state index in [1.54, 1.807) is 23.9 Å². The van der Waals surface area contributed by atoms with Crippen LogP contribution < -0.4 is 5.32 Å². The zero-order chi connectivity index (χ0) is 13.9. The second-order valence-electron chi connectivity index (χ2n) is 4.38. The van der Waals surface area contributed by atoms with Gasteiger partial charge in [-0.25, -0.2) is 9.97 Å². The van der Waals surface area contributed by atoms with Gasteiger partial charge in [-0.1, -0.05) is 11.6 Å². The minimum atomic E-state index is 0.202. The van der Waals surface area contributed by atoms with Crippen molar-refractivity contribution < 1.29 is 0 Å². The number of hydrogen-bond acceptors (Lipinski definition) is 4. The van der Waals surface area contributed by atoms with Crippen LogP contribution >= 0.6 is 22.9 Å². The molecule has 0 fully saturated rings. The molecular weight excluding hydrogens is 292 g/mol. The third-order valence-electron chi connectivity index (χ3n) is 2.92. The van der Waals surface area contributed by atoms with Crippen molar-refractivity contribution in [3.05, 3.63) is 58.4 Å². The highest BCUT2D eigenvalue weighted by Gasteiger charge is 2.08. The van der Waals surface area contributed by atoms with Crippen LogP contribution in [0.15, 0.2) is 49.2 Å². The van der Waals surface area contributed by atoms with Crippen LogP contribution in [0.25, 0.3) is 5.82 Å². The average Bonchev–Trinajstić information content (AvgIpc) is 3.10. The Morgan fingerprint density at radius 3 is 2.80 bits per heavy atom. The van der Waals surface area contributed by atoms with Gasteiger partial charge in [-0.15, -0.1) is 11.3 Å². The lowest BCUT2D eigenvalue weighted by molar-refractivity contribution is 0.903. The van der Waals surface area contributed by atoms with Gasteiger partial charge >= 0.3 is 0 Å². The first-order chi connectivity index (χ1) is 9.72. The Hall–Kier alpha value is -1.85. The quantitative estimate of drug-likeness (QED) is 0.787. The number of rotatable bonds is 4. The topological polar surface area (TPSA) is 42.7 Å². The summed E-state index contributed by atoms with van der Waals surface area (Å²) in [6.45, 7) is 2.10. The summed E-state index contributed by atoms with van der Waals surface area (Å²) in [5.74, 6) is 0.847. The minimum Gasteiger partial charge on any atom is -0.376 e. The van der Waals surface area contributed by atoms with Gasteiger partial charge in [0.2, 0.25) is 0 Å². The van der Waals surface area contributed by atoms with E-state index in [0.29, 0.717) is 0 Å². The van der Waals surface area contributed by atoms with E-state index in [-0.39, 0.29) is 6.04 Å². The Morgan fingerprint density at radius 1 is 1.30 bits per heavy atom. The van der Waals surface area contributed by atoms with Gasteiger partial charge < -0.3 is 5.32 Å². The molecule has 1 unspecified atom stereocenters. The molecule has 0 aliphatic heterocycles. The molecule has 3 heterocycles. The molecule has 0 saturated heterocycles. The molecule has 0 bridgehead atoms. The van der Waals surface area contributed by atoms with Crippen LogP contribution in [0.5, 0.6) is 0 Å². The van der Waals surface area contributed by atoms with Crippen molar-refractivity contribution in [3.63, 3.8) is 0 Å². The average molecular weight is 305 g/mol. The first kappa shape index (κ1) is 13.1. The van der Waals surface area contributed by atoms with Gasteiger partial charge in [0, 0.05) is 17.3 Å². The van der Waals surface area contributed by atoms with Crippen molar-refractivity contribution >= 4 is 28.6 Å². The van der Waals surface area contributed by atoms with E-state index in [2.05, 4.69) is 22.2 Å². The molecule has 1 atom stereocenters. The summed E-state index contributed by atoms with van der Waals surface area (Å²) >= 11 is 7.54. The normalized spacial score (nSPS) is 12.3. The van der Waals surface area contributed by atoms with Gasteiger partial charge in [-0.2, -0.15) is 0 Å². The SMILES string of the molecule is CC(Nc1ccc(-n2ccnc2)nc1)c1ccc(Cl)s1. The van der Waals surface area contributed by atoms with Crippen LogP contribution in [0, 0.1) is 0 Å². The molecule has 4 nitrogen and oxygen atoms in total. The predicted molar refractivity (Wildman–Crippen MR) is 82.7 cm³/mol. The third-order valence-corrected chi connectivity index (χ3v) is 4.33. The lowest BCUT2D eigenvalue weighted by Crippen LogP contribution is -2.05. The van der Waals surface area contributed by atoms with Crippen LogP contribution in [0.3, 0.4) is 0 Å². The fraction of sp³-hybridized carbons (Fsp3) is 0.143. The van der Waals surface area contributed by atoms with Crippen LogP contribution in [-0.4, -0.2) is 14.5 Å². The maximum Gasteiger partial charge on any atom is 0.137 e. The number of nitrogens with zero attached hydrogens (tertiary/aromatic N) is 3. The molecule has 6 heteroatoms. The lowest BCUT2D eigenvalue weighted by Gasteiger charge is -2.13. The molecular formula is C14H13ClN4S. The van der Waals surface area contributed by atoms with E-state index in [0.717, 1.165) is 15.8 Å². The Bertz CT molecular complexity index is 676. The van der Waals surface area contributed by atoms with Crippen molar-refractivity contribution in [2.45, 2.75) is 13.0 Å². The molecule has 1 N–H and O–H groups in total. The van der Waals surface area contributed by atoms with E-state index in [1.165, 1.54) is 4.88 Å². The summed E-state index contributed by atoms with van der Waals surface area (Å²) in [6.07, 6.45) is 7.15. The molecule has 3 aromatic heterocycles. The fourth-order valence-corrected chi connectivity index (χ4v) is 2.96. The zero-order valence-electron chi connectivity index (χ0n) is 10.8. The first-order valence-corrected chi connectivity index (χ1v) is 7.38. The Balaban J connectivity index is 1.72. The number of pyridine rings is 1. The summed E-state index contributed by atoms with van der Waals surface area (Å²) in [7, 11) is 0. The van der Waals surface area contributed by atoms with Crippen LogP contribution in [0.1, 0.15) is 17.8 Å². The summed E-state index contributed by atoms with van der Waals surface area (Å²) in [6, 6.07) is 8.12. The monoisotopic (exact) mass is 304 g/mol. The summed E-state index contributed by atoms with van der Waals surface area (Å²) in [5, 5.41) is 3.41. The molecule has 0 spiro atoms. The number of aromatic nitrogens is 3. The Labute approximate surface area is 126 Å². The zero-order valence-corrected chi connectivity index (χ0v) is 12.4. The highest BCUT2D eigenvalue weighted by Crippen LogP contribution is 2.28. The summed E-state index contributed by atoms with van der Waals surface area (Å²) in [5.41, 5.74) is 0.978. The van der Waals surface area contributed by atoms with Crippen LogP contribution in [0.2, 0.25) is 4.34 Å².